The van der Waals surface area contributed by atoms with Crippen molar-refractivity contribution in [3.8, 4) is 0 Å². The van der Waals surface area contributed by atoms with E-state index >= 15 is 0 Å². The van der Waals surface area contributed by atoms with Crippen LogP contribution in [0.2, 0.25) is 0 Å². The molecule has 3 rings (SSSR count). The minimum atomic E-state index is -0.147. The van der Waals surface area contributed by atoms with E-state index in [0.717, 1.165) is 25.1 Å². The lowest BCUT2D eigenvalue weighted by atomic mass is 9.79. The van der Waals surface area contributed by atoms with Crippen LogP contribution >= 0.6 is 0 Å². The lowest BCUT2D eigenvalue weighted by molar-refractivity contribution is -0.643. The number of rotatable bonds is 5. The zero-order chi connectivity index (χ0) is 18.7. The molecule has 1 heterocycles. The van der Waals surface area contributed by atoms with Crippen LogP contribution in [0, 0.1) is 6.92 Å². The number of benzene rings is 2. The van der Waals surface area contributed by atoms with Crippen molar-refractivity contribution in [3.63, 3.8) is 0 Å². The number of aryl methyl sites for hydroxylation is 1. The summed E-state index contributed by atoms with van der Waals surface area (Å²) < 4.78 is 0. The molecule has 1 atom stereocenters. The van der Waals surface area contributed by atoms with Crippen molar-refractivity contribution in [2.45, 2.75) is 52.0 Å². The van der Waals surface area contributed by atoms with Gasteiger partial charge in [-0.25, -0.2) is 0 Å². The molecule has 2 aromatic carbocycles. The molecule has 3 heteroatoms. The van der Waals surface area contributed by atoms with Crippen LogP contribution in [-0.2, 0) is 11.2 Å². The van der Waals surface area contributed by atoms with E-state index in [-0.39, 0.29) is 11.4 Å². The van der Waals surface area contributed by atoms with Crippen LogP contribution in [0.3, 0.4) is 0 Å². The Kier molecular flexibility index (Phi) is 5.47. The highest BCUT2D eigenvalue weighted by Crippen LogP contribution is 2.43. The van der Waals surface area contributed by atoms with Gasteiger partial charge in [-0.15, -0.1) is 0 Å². The molecule has 26 heavy (non-hydrogen) atoms. The number of quaternary nitrogens is 1. The molecule has 0 fully saturated rings. The molecule has 3 nitrogen and oxygen atoms in total. The van der Waals surface area contributed by atoms with Crippen LogP contribution in [0.4, 0.5) is 5.69 Å². The number of fused-ring (bicyclic) bond motifs is 1. The van der Waals surface area contributed by atoms with Crippen LogP contribution in [0.5, 0.6) is 0 Å². The summed E-state index contributed by atoms with van der Waals surface area (Å²) in [5.41, 5.74) is 4.84. The molecule has 2 N–H and O–H groups in total. The minimum absolute atomic E-state index is 0.147. The zero-order valence-corrected chi connectivity index (χ0v) is 16.5. The number of hydrogen-bond donors (Lipinski definition) is 1. The number of hydrogen-bond acceptors (Lipinski definition) is 1. The second-order valence-corrected chi connectivity index (χ2v) is 8.23. The largest absolute Gasteiger partial charge is 0.338 e. The van der Waals surface area contributed by atoms with E-state index in [2.05, 4.69) is 75.5 Å². The van der Waals surface area contributed by atoms with Crippen molar-refractivity contribution in [2.24, 2.45) is 0 Å². The highest BCUT2D eigenvalue weighted by molar-refractivity contribution is 5.96. The molecule has 0 bridgehead atoms. The standard InChI is InChI=1S/C23H30N2O/c1-17-10-11-21-20(14-17)18(2)15-23(3,4)25(21)22(26)16-24-13-12-19-8-6-5-7-9-19/h5-11,14,18,24H,12-13,15-16H2,1-4H3/p+1/t18-/m0/s1. The van der Waals surface area contributed by atoms with Gasteiger partial charge in [-0.3, -0.25) is 4.79 Å². The monoisotopic (exact) mass is 351 g/mol. The summed E-state index contributed by atoms with van der Waals surface area (Å²) in [7, 11) is 0. The summed E-state index contributed by atoms with van der Waals surface area (Å²) in [5, 5.41) is 2.14. The Labute approximate surface area is 157 Å². The minimum Gasteiger partial charge on any atom is -0.338 e. The van der Waals surface area contributed by atoms with Gasteiger partial charge in [0, 0.05) is 17.6 Å². The van der Waals surface area contributed by atoms with E-state index in [0.29, 0.717) is 12.5 Å². The maximum atomic E-state index is 13.1. The van der Waals surface area contributed by atoms with E-state index in [4.69, 9.17) is 0 Å². The number of amides is 1. The first kappa shape index (κ1) is 18.7. The van der Waals surface area contributed by atoms with Crippen molar-refractivity contribution in [2.75, 3.05) is 18.0 Å². The number of nitrogens with two attached hydrogens (primary N) is 1. The van der Waals surface area contributed by atoms with Gasteiger partial charge in [0.05, 0.1) is 6.54 Å². The first-order valence-electron chi connectivity index (χ1n) is 9.68. The van der Waals surface area contributed by atoms with Crippen LogP contribution in [0.15, 0.2) is 48.5 Å². The fourth-order valence-corrected chi connectivity index (χ4v) is 4.25. The fourth-order valence-electron chi connectivity index (χ4n) is 4.25. The highest BCUT2D eigenvalue weighted by Gasteiger charge is 2.40. The topological polar surface area (TPSA) is 36.9 Å². The third-order valence-electron chi connectivity index (χ3n) is 5.41. The zero-order valence-electron chi connectivity index (χ0n) is 16.5. The van der Waals surface area contributed by atoms with Crippen LogP contribution < -0.4 is 10.2 Å². The van der Waals surface area contributed by atoms with Gasteiger partial charge in [0.25, 0.3) is 5.91 Å². The summed E-state index contributed by atoms with van der Waals surface area (Å²) in [6, 6.07) is 16.9. The first-order chi connectivity index (χ1) is 12.4. The molecule has 0 radical (unpaired) electrons. The average Bonchev–Trinajstić information content (AvgIpc) is 2.59. The van der Waals surface area contributed by atoms with Gasteiger partial charge in [0.1, 0.15) is 0 Å². The van der Waals surface area contributed by atoms with E-state index in [9.17, 15) is 4.79 Å². The Hall–Kier alpha value is -2.13. The van der Waals surface area contributed by atoms with Crippen LogP contribution in [0.25, 0.3) is 0 Å². The van der Waals surface area contributed by atoms with Gasteiger partial charge in [-0.05, 0) is 50.3 Å². The molecule has 0 unspecified atom stereocenters. The molecular formula is C23H31N2O+. The van der Waals surface area contributed by atoms with Gasteiger partial charge < -0.3 is 10.2 Å². The van der Waals surface area contributed by atoms with Crippen molar-refractivity contribution < 1.29 is 10.1 Å². The Bertz CT molecular complexity index is 767. The van der Waals surface area contributed by atoms with Crippen molar-refractivity contribution in [1.29, 1.82) is 0 Å². The van der Waals surface area contributed by atoms with Gasteiger partial charge >= 0.3 is 0 Å². The third kappa shape index (κ3) is 3.99. The normalized spacial score (nSPS) is 18.5. The molecule has 1 amide bonds. The third-order valence-corrected chi connectivity index (χ3v) is 5.41. The number of carbonyl (C=O) groups excluding carboxylic acids is 1. The quantitative estimate of drug-likeness (QED) is 0.824. The summed E-state index contributed by atoms with van der Waals surface area (Å²) in [4.78, 5) is 15.1. The van der Waals surface area contributed by atoms with Crippen LogP contribution in [-0.4, -0.2) is 24.5 Å². The fraction of sp³-hybridized carbons (Fsp3) is 0.435. The lowest BCUT2D eigenvalue weighted by Crippen LogP contribution is -2.87. The van der Waals surface area contributed by atoms with E-state index < -0.39 is 0 Å². The molecule has 0 saturated heterocycles. The number of anilines is 1. The number of carbonyl (C=O) groups is 1. The Morgan fingerprint density at radius 3 is 2.65 bits per heavy atom. The molecule has 1 aliphatic rings. The Morgan fingerprint density at radius 2 is 1.92 bits per heavy atom. The second-order valence-electron chi connectivity index (χ2n) is 8.23. The van der Waals surface area contributed by atoms with Crippen LogP contribution in [0.1, 0.15) is 49.8 Å². The number of nitrogens with zero attached hydrogens (tertiary/aromatic N) is 1. The predicted molar refractivity (Wildman–Crippen MR) is 108 cm³/mol. The Morgan fingerprint density at radius 1 is 1.19 bits per heavy atom. The molecule has 1 aliphatic heterocycles. The first-order valence-corrected chi connectivity index (χ1v) is 9.68. The van der Waals surface area contributed by atoms with E-state index in [1.54, 1.807) is 0 Å². The maximum absolute atomic E-state index is 13.1. The highest BCUT2D eigenvalue weighted by atomic mass is 16.2. The van der Waals surface area contributed by atoms with Crippen molar-refractivity contribution >= 4 is 11.6 Å². The van der Waals surface area contributed by atoms with Gasteiger partial charge in [0.2, 0.25) is 0 Å². The molecule has 0 aromatic heterocycles. The van der Waals surface area contributed by atoms with E-state index in [1.807, 2.05) is 11.0 Å². The summed E-state index contributed by atoms with van der Waals surface area (Å²) >= 11 is 0. The van der Waals surface area contributed by atoms with E-state index in [1.165, 1.54) is 16.7 Å². The summed E-state index contributed by atoms with van der Waals surface area (Å²) in [5.74, 6) is 0.686. The SMILES string of the molecule is Cc1ccc2c(c1)[C@@H](C)CC(C)(C)N2C(=O)C[NH2+]CCc1ccccc1. The molecular weight excluding hydrogens is 320 g/mol. The summed E-state index contributed by atoms with van der Waals surface area (Å²) in [6.45, 7) is 10.2. The van der Waals surface area contributed by atoms with Gasteiger partial charge in [0.15, 0.2) is 6.54 Å². The Balaban J connectivity index is 1.68. The van der Waals surface area contributed by atoms with Gasteiger partial charge in [-0.2, -0.15) is 0 Å². The smallest absolute Gasteiger partial charge is 0.282 e. The molecule has 0 saturated carbocycles. The maximum Gasteiger partial charge on any atom is 0.282 e. The predicted octanol–water partition coefficient (Wildman–Crippen LogP) is 3.42. The molecule has 138 valence electrons. The second kappa shape index (κ2) is 7.63. The van der Waals surface area contributed by atoms with Crippen molar-refractivity contribution in [3.05, 3.63) is 65.2 Å². The van der Waals surface area contributed by atoms with Gasteiger partial charge in [-0.1, -0.05) is 55.0 Å². The molecule has 0 aliphatic carbocycles. The molecule has 0 spiro atoms. The lowest BCUT2D eigenvalue weighted by Gasteiger charge is -2.45. The summed E-state index contributed by atoms with van der Waals surface area (Å²) in [6.07, 6.45) is 1.99. The van der Waals surface area contributed by atoms with Crippen molar-refractivity contribution in [1.82, 2.24) is 0 Å². The average molecular weight is 352 g/mol. The molecule has 2 aromatic rings.